The summed E-state index contributed by atoms with van der Waals surface area (Å²) < 4.78 is 5.67. The Bertz CT molecular complexity index is 459. The third kappa shape index (κ3) is 5.82. The molecule has 1 aliphatic rings. The second-order valence-corrected chi connectivity index (χ2v) is 6.70. The quantitative estimate of drug-likeness (QED) is 0.779. The third-order valence-corrected chi connectivity index (χ3v) is 3.97. The molecule has 1 saturated heterocycles. The van der Waals surface area contributed by atoms with E-state index >= 15 is 0 Å². The Morgan fingerprint density at radius 2 is 1.91 bits per heavy atom. The Balaban J connectivity index is 1.71. The Hall–Kier alpha value is -1.32. The second kappa shape index (κ2) is 8.35. The second-order valence-electron chi connectivity index (χ2n) is 6.70. The summed E-state index contributed by atoms with van der Waals surface area (Å²) in [4.78, 5) is 2.50. The van der Waals surface area contributed by atoms with Gasteiger partial charge in [-0.2, -0.15) is 0 Å². The van der Waals surface area contributed by atoms with E-state index in [2.05, 4.69) is 61.8 Å². The summed E-state index contributed by atoms with van der Waals surface area (Å²) in [5.41, 5.74) is 2.58. The molecule has 0 radical (unpaired) electrons. The fourth-order valence-electron chi connectivity index (χ4n) is 2.90. The van der Waals surface area contributed by atoms with Gasteiger partial charge < -0.3 is 10.1 Å². The molecule has 0 spiro atoms. The van der Waals surface area contributed by atoms with E-state index in [0.717, 1.165) is 18.8 Å². The van der Waals surface area contributed by atoms with E-state index in [1.165, 1.54) is 37.1 Å². The lowest BCUT2D eigenvalue weighted by Gasteiger charge is -2.32. The van der Waals surface area contributed by atoms with Crippen molar-refractivity contribution in [1.82, 2.24) is 10.2 Å². The lowest BCUT2D eigenvalue weighted by atomic mass is 10.0. The fraction of sp³-hybridized carbons (Fsp3) is 0.579. The minimum atomic E-state index is 0.230. The molecule has 0 aromatic heterocycles. The molecular formula is C19H30N2O. The number of nitrogens with one attached hydrogen (secondary N) is 1. The minimum Gasteiger partial charge on any atom is -0.491 e. The van der Waals surface area contributed by atoms with Crippen molar-refractivity contribution in [3.8, 4) is 5.75 Å². The SMILES string of the molecule is C=C(C)CN1CCC(NCc2ccc(OC(C)C)cc2)CC1. The Morgan fingerprint density at radius 1 is 1.27 bits per heavy atom. The zero-order chi connectivity index (χ0) is 15.9. The first-order valence-electron chi connectivity index (χ1n) is 8.38. The number of likely N-dealkylation sites (tertiary alicyclic amines) is 1. The van der Waals surface area contributed by atoms with Crippen LogP contribution in [0.4, 0.5) is 0 Å². The molecule has 1 aromatic carbocycles. The summed E-state index contributed by atoms with van der Waals surface area (Å²) in [5.74, 6) is 0.951. The van der Waals surface area contributed by atoms with Crippen molar-refractivity contribution in [2.45, 2.75) is 52.3 Å². The largest absolute Gasteiger partial charge is 0.491 e. The molecule has 3 heteroatoms. The number of rotatable bonds is 7. The van der Waals surface area contributed by atoms with E-state index in [4.69, 9.17) is 4.74 Å². The maximum absolute atomic E-state index is 5.67. The van der Waals surface area contributed by atoms with Crippen LogP contribution >= 0.6 is 0 Å². The van der Waals surface area contributed by atoms with Gasteiger partial charge in [0.25, 0.3) is 0 Å². The van der Waals surface area contributed by atoms with Crippen molar-refractivity contribution in [2.75, 3.05) is 19.6 Å². The molecule has 122 valence electrons. The summed E-state index contributed by atoms with van der Waals surface area (Å²) in [6.07, 6.45) is 2.68. The van der Waals surface area contributed by atoms with Gasteiger partial charge in [-0.25, -0.2) is 0 Å². The maximum Gasteiger partial charge on any atom is 0.119 e. The first-order valence-corrected chi connectivity index (χ1v) is 8.38. The van der Waals surface area contributed by atoms with Gasteiger partial charge in [-0.05, 0) is 64.4 Å². The molecule has 3 nitrogen and oxygen atoms in total. The standard InChI is InChI=1S/C19H30N2O/c1-15(2)14-21-11-9-18(10-12-21)20-13-17-5-7-19(8-6-17)22-16(3)4/h5-8,16,18,20H,1,9-14H2,2-4H3. The number of ether oxygens (including phenoxy) is 1. The maximum atomic E-state index is 5.67. The first-order chi connectivity index (χ1) is 10.5. The van der Waals surface area contributed by atoms with Crippen molar-refractivity contribution in [2.24, 2.45) is 0 Å². The third-order valence-electron chi connectivity index (χ3n) is 3.97. The number of hydrogen-bond acceptors (Lipinski definition) is 3. The molecule has 0 atom stereocenters. The summed E-state index contributed by atoms with van der Waals surface area (Å²) >= 11 is 0. The molecule has 22 heavy (non-hydrogen) atoms. The molecule has 0 unspecified atom stereocenters. The average molecular weight is 302 g/mol. The van der Waals surface area contributed by atoms with Crippen LogP contribution in [0.5, 0.6) is 5.75 Å². The Morgan fingerprint density at radius 3 is 2.45 bits per heavy atom. The van der Waals surface area contributed by atoms with Gasteiger partial charge in [-0.15, -0.1) is 0 Å². The zero-order valence-corrected chi connectivity index (χ0v) is 14.3. The monoisotopic (exact) mass is 302 g/mol. The summed E-state index contributed by atoms with van der Waals surface area (Å²) in [6.45, 7) is 14.5. The van der Waals surface area contributed by atoms with Gasteiger partial charge in [-0.1, -0.05) is 24.3 Å². The Kier molecular flexibility index (Phi) is 6.47. The van der Waals surface area contributed by atoms with Crippen LogP contribution in [0.2, 0.25) is 0 Å². The van der Waals surface area contributed by atoms with Crippen LogP contribution in [-0.4, -0.2) is 36.7 Å². The van der Waals surface area contributed by atoms with E-state index in [1.54, 1.807) is 0 Å². The summed E-state index contributed by atoms with van der Waals surface area (Å²) in [5, 5.41) is 3.68. The zero-order valence-electron chi connectivity index (χ0n) is 14.3. The van der Waals surface area contributed by atoms with E-state index in [-0.39, 0.29) is 6.10 Å². The molecule has 0 amide bonds. The van der Waals surface area contributed by atoms with Crippen LogP contribution in [0.3, 0.4) is 0 Å². The van der Waals surface area contributed by atoms with Crippen LogP contribution in [0, 0.1) is 0 Å². The number of piperidine rings is 1. The number of benzene rings is 1. The lowest BCUT2D eigenvalue weighted by molar-refractivity contribution is 0.211. The average Bonchev–Trinajstić information content (AvgIpc) is 2.47. The molecule has 1 N–H and O–H groups in total. The topological polar surface area (TPSA) is 24.5 Å². The highest BCUT2D eigenvalue weighted by Gasteiger charge is 2.18. The van der Waals surface area contributed by atoms with E-state index in [1.807, 2.05) is 0 Å². The van der Waals surface area contributed by atoms with Crippen molar-refractivity contribution in [3.05, 3.63) is 42.0 Å². The molecule has 0 bridgehead atoms. The van der Waals surface area contributed by atoms with Gasteiger partial charge in [0.15, 0.2) is 0 Å². The van der Waals surface area contributed by atoms with E-state index in [9.17, 15) is 0 Å². The molecule has 1 aliphatic heterocycles. The van der Waals surface area contributed by atoms with Gasteiger partial charge in [-0.3, -0.25) is 4.90 Å². The molecule has 0 aliphatic carbocycles. The highest BCUT2D eigenvalue weighted by molar-refractivity contribution is 5.27. The highest BCUT2D eigenvalue weighted by Crippen LogP contribution is 2.15. The molecule has 1 fully saturated rings. The normalized spacial score (nSPS) is 16.9. The minimum absolute atomic E-state index is 0.230. The van der Waals surface area contributed by atoms with E-state index in [0.29, 0.717) is 6.04 Å². The van der Waals surface area contributed by atoms with Gasteiger partial charge in [0.2, 0.25) is 0 Å². The number of nitrogens with zero attached hydrogens (tertiary/aromatic N) is 1. The van der Waals surface area contributed by atoms with Crippen molar-refractivity contribution in [3.63, 3.8) is 0 Å². The highest BCUT2D eigenvalue weighted by atomic mass is 16.5. The van der Waals surface area contributed by atoms with Crippen LogP contribution < -0.4 is 10.1 Å². The first kappa shape index (κ1) is 17.0. The van der Waals surface area contributed by atoms with Gasteiger partial charge >= 0.3 is 0 Å². The predicted molar refractivity (Wildman–Crippen MR) is 93.3 cm³/mol. The van der Waals surface area contributed by atoms with Crippen LogP contribution in [0.1, 0.15) is 39.2 Å². The van der Waals surface area contributed by atoms with Gasteiger partial charge in [0.1, 0.15) is 5.75 Å². The predicted octanol–water partition coefficient (Wildman–Crippen LogP) is 3.60. The fourth-order valence-corrected chi connectivity index (χ4v) is 2.90. The molecule has 1 heterocycles. The smallest absolute Gasteiger partial charge is 0.119 e. The molecule has 1 aromatic rings. The van der Waals surface area contributed by atoms with Crippen LogP contribution in [-0.2, 0) is 6.54 Å². The van der Waals surface area contributed by atoms with Crippen molar-refractivity contribution in [1.29, 1.82) is 0 Å². The van der Waals surface area contributed by atoms with Crippen LogP contribution in [0.25, 0.3) is 0 Å². The van der Waals surface area contributed by atoms with Crippen molar-refractivity contribution < 1.29 is 4.74 Å². The van der Waals surface area contributed by atoms with Crippen molar-refractivity contribution >= 4 is 0 Å². The van der Waals surface area contributed by atoms with Crippen LogP contribution in [0.15, 0.2) is 36.4 Å². The van der Waals surface area contributed by atoms with Gasteiger partial charge in [0, 0.05) is 19.1 Å². The Labute approximate surface area is 135 Å². The summed E-state index contributed by atoms with van der Waals surface area (Å²) in [6, 6.07) is 9.06. The number of hydrogen-bond donors (Lipinski definition) is 1. The van der Waals surface area contributed by atoms with Gasteiger partial charge in [0.05, 0.1) is 6.10 Å². The lowest BCUT2D eigenvalue weighted by Crippen LogP contribution is -2.42. The molecular weight excluding hydrogens is 272 g/mol. The van der Waals surface area contributed by atoms with E-state index < -0.39 is 0 Å². The summed E-state index contributed by atoms with van der Waals surface area (Å²) in [7, 11) is 0. The molecule has 2 rings (SSSR count). The molecule has 0 saturated carbocycles.